The Bertz CT molecular complexity index is 1170. The first-order valence-electron chi connectivity index (χ1n) is 9.31. The first-order valence-corrected chi connectivity index (χ1v) is 9.31. The summed E-state index contributed by atoms with van der Waals surface area (Å²) in [6.07, 6.45) is 1.43. The molecule has 0 radical (unpaired) electrons. The maximum absolute atomic E-state index is 14.2. The van der Waals surface area contributed by atoms with Gasteiger partial charge in [-0.3, -0.25) is 9.59 Å². The number of methoxy groups -OCH3 is 1. The molecule has 1 aliphatic rings. The lowest BCUT2D eigenvalue weighted by molar-refractivity contribution is -0.140. The molecule has 4 rings (SSSR count). The normalized spacial score (nSPS) is 17.9. The number of hydrogen-bond acceptors (Lipinski definition) is 5. The second-order valence-corrected chi connectivity index (χ2v) is 6.91. The summed E-state index contributed by atoms with van der Waals surface area (Å²) in [6.45, 7) is -0.0482. The molecule has 1 saturated heterocycles. The summed E-state index contributed by atoms with van der Waals surface area (Å²) in [5.74, 6) is -3.19. The maximum atomic E-state index is 14.2. The summed E-state index contributed by atoms with van der Waals surface area (Å²) in [7, 11) is 1.30. The number of halogens is 2. The Morgan fingerprint density at radius 3 is 2.48 bits per heavy atom. The molecule has 1 unspecified atom stereocenters. The van der Waals surface area contributed by atoms with Gasteiger partial charge in [0.1, 0.15) is 17.3 Å². The summed E-state index contributed by atoms with van der Waals surface area (Å²) in [4.78, 5) is 26.9. The zero-order valence-electron chi connectivity index (χ0n) is 16.3. The van der Waals surface area contributed by atoms with Crippen molar-refractivity contribution in [3.63, 3.8) is 0 Å². The Morgan fingerprint density at radius 1 is 1.13 bits per heavy atom. The molecule has 1 N–H and O–H groups in total. The van der Waals surface area contributed by atoms with Crippen molar-refractivity contribution in [3.05, 3.63) is 95.0 Å². The Balaban J connectivity index is 1.86. The quantitative estimate of drug-likeness (QED) is 0.377. The number of furan rings is 1. The standard InChI is InChI=1S/C23H17F2NO5/c1-30-18-9-6-14(11-17(18)25)21(27)19-20(13-4-7-15(24)8-5-13)26(23(29)22(19)28)12-16-3-2-10-31-16/h2-11,20,27H,12H2,1H3/b21-19-. The van der Waals surface area contributed by atoms with Crippen LogP contribution < -0.4 is 4.74 Å². The first kappa shape index (κ1) is 20.3. The fourth-order valence-corrected chi connectivity index (χ4v) is 3.57. The van der Waals surface area contributed by atoms with E-state index >= 15 is 0 Å². The molecule has 3 aromatic rings. The third-order valence-electron chi connectivity index (χ3n) is 5.06. The van der Waals surface area contributed by atoms with Gasteiger partial charge in [0.05, 0.1) is 31.5 Å². The highest BCUT2D eigenvalue weighted by atomic mass is 19.1. The van der Waals surface area contributed by atoms with Crippen LogP contribution in [0.2, 0.25) is 0 Å². The van der Waals surface area contributed by atoms with Crippen molar-refractivity contribution >= 4 is 17.4 Å². The van der Waals surface area contributed by atoms with Crippen LogP contribution in [0.3, 0.4) is 0 Å². The molecule has 0 saturated carbocycles. The van der Waals surface area contributed by atoms with E-state index in [9.17, 15) is 23.5 Å². The van der Waals surface area contributed by atoms with Crippen molar-refractivity contribution in [2.75, 3.05) is 7.11 Å². The topological polar surface area (TPSA) is 80.0 Å². The smallest absolute Gasteiger partial charge is 0.296 e. The Kier molecular flexibility index (Phi) is 5.29. The van der Waals surface area contributed by atoms with Gasteiger partial charge in [-0.2, -0.15) is 0 Å². The molecule has 8 heteroatoms. The predicted molar refractivity (Wildman–Crippen MR) is 106 cm³/mol. The van der Waals surface area contributed by atoms with Crippen LogP contribution in [0.5, 0.6) is 5.75 Å². The number of hydrogen-bond donors (Lipinski definition) is 1. The molecule has 1 atom stereocenters. The van der Waals surface area contributed by atoms with Crippen LogP contribution >= 0.6 is 0 Å². The van der Waals surface area contributed by atoms with Crippen molar-refractivity contribution in [2.45, 2.75) is 12.6 Å². The highest BCUT2D eigenvalue weighted by molar-refractivity contribution is 6.46. The van der Waals surface area contributed by atoms with Crippen LogP contribution in [0.15, 0.2) is 70.9 Å². The van der Waals surface area contributed by atoms with E-state index in [4.69, 9.17) is 9.15 Å². The van der Waals surface area contributed by atoms with Crippen molar-refractivity contribution in [1.82, 2.24) is 4.90 Å². The minimum Gasteiger partial charge on any atom is -0.507 e. The number of carbonyl (C=O) groups is 2. The number of nitrogens with zero attached hydrogens (tertiary/aromatic N) is 1. The second-order valence-electron chi connectivity index (χ2n) is 6.91. The molecule has 0 spiro atoms. The van der Waals surface area contributed by atoms with Gasteiger partial charge in [-0.1, -0.05) is 12.1 Å². The van der Waals surface area contributed by atoms with Crippen LogP contribution in [-0.4, -0.2) is 28.8 Å². The summed E-state index contributed by atoms with van der Waals surface area (Å²) in [6, 6.07) is 11.2. The zero-order chi connectivity index (χ0) is 22.1. The Labute approximate surface area is 176 Å². The van der Waals surface area contributed by atoms with Gasteiger partial charge in [0.2, 0.25) is 0 Å². The van der Waals surface area contributed by atoms with Gasteiger partial charge in [0, 0.05) is 5.56 Å². The summed E-state index contributed by atoms with van der Waals surface area (Å²) in [5, 5.41) is 10.9. The molecular formula is C23H17F2NO5. The molecule has 31 heavy (non-hydrogen) atoms. The number of amides is 1. The fraction of sp³-hybridized carbons (Fsp3) is 0.130. The third-order valence-corrected chi connectivity index (χ3v) is 5.06. The molecule has 2 heterocycles. The number of ketones is 1. The van der Waals surface area contributed by atoms with Crippen molar-refractivity contribution in [3.8, 4) is 5.75 Å². The number of ether oxygens (including phenoxy) is 1. The molecule has 0 aliphatic carbocycles. The van der Waals surface area contributed by atoms with Crippen LogP contribution in [0.4, 0.5) is 8.78 Å². The number of benzene rings is 2. The van der Waals surface area contributed by atoms with E-state index in [2.05, 4.69) is 0 Å². The van der Waals surface area contributed by atoms with Crippen LogP contribution in [0, 0.1) is 11.6 Å². The molecule has 158 valence electrons. The van der Waals surface area contributed by atoms with Crippen LogP contribution in [0.1, 0.15) is 22.9 Å². The molecule has 1 aliphatic heterocycles. The molecule has 1 amide bonds. The van der Waals surface area contributed by atoms with E-state index in [0.717, 1.165) is 6.07 Å². The first-order chi connectivity index (χ1) is 14.9. The Hall–Kier alpha value is -3.94. The fourth-order valence-electron chi connectivity index (χ4n) is 3.57. The third kappa shape index (κ3) is 3.68. The van der Waals surface area contributed by atoms with Gasteiger partial charge in [0.15, 0.2) is 11.6 Å². The van der Waals surface area contributed by atoms with Crippen LogP contribution in [-0.2, 0) is 16.1 Å². The number of aliphatic hydroxyl groups is 1. The summed E-state index contributed by atoms with van der Waals surface area (Å²) < 4.78 is 37.8. The monoisotopic (exact) mass is 425 g/mol. The minimum atomic E-state index is -1.02. The van der Waals surface area contributed by atoms with Gasteiger partial charge in [-0.05, 0) is 48.0 Å². The van der Waals surface area contributed by atoms with E-state index in [0.29, 0.717) is 11.3 Å². The van der Waals surface area contributed by atoms with Crippen LogP contribution in [0.25, 0.3) is 5.76 Å². The average molecular weight is 425 g/mol. The summed E-state index contributed by atoms with van der Waals surface area (Å²) >= 11 is 0. The minimum absolute atomic E-state index is 0.00131. The van der Waals surface area contributed by atoms with Gasteiger partial charge in [-0.25, -0.2) is 8.78 Å². The molecule has 6 nitrogen and oxygen atoms in total. The number of rotatable bonds is 5. The Morgan fingerprint density at radius 2 is 1.87 bits per heavy atom. The van der Waals surface area contributed by atoms with E-state index < -0.39 is 35.1 Å². The molecular weight excluding hydrogens is 408 g/mol. The van der Waals surface area contributed by atoms with Crippen molar-refractivity contribution in [2.24, 2.45) is 0 Å². The maximum Gasteiger partial charge on any atom is 0.296 e. The largest absolute Gasteiger partial charge is 0.507 e. The van der Waals surface area contributed by atoms with E-state index in [1.807, 2.05) is 0 Å². The number of aliphatic hydroxyl groups excluding tert-OH is 1. The van der Waals surface area contributed by atoms with Gasteiger partial charge < -0.3 is 19.2 Å². The highest BCUT2D eigenvalue weighted by Crippen LogP contribution is 2.40. The van der Waals surface area contributed by atoms with E-state index in [1.165, 1.54) is 54.7 Å². The zero-order valence-corrected chi connectivity index (χ0v) is 16.3. The van der Waals surface area contributed by atoms with E-state index in [-0.39, 0.29) is 23.4 Å². The summed E-state index contributed by atoms with van der Waals surface area (Å²) in [5.41, 5.74) is 0.178. The second kappa shape index (κ2) is 8.06. The number of Topliss-reactive ketones (excluding diaryl/α,β-unsaturated/α-hetero) is 1. The van der Waals surface area contributed by atoms with Crippen molar-refractivity contribution in [1.29, 1.82) is 0 Å². The number of likely N-dealkylation sites (tertiary alicyclic amines) is 1. The average Bonchev–Trinajstić information content (AvgIpc) is 3.36. The molecule has 2 aromatic carbocycles. The molecule has 1 fully saturated rings. The lowest BCUT2D eigenvalue weighted by atomic mass is 9.95. The van der Waals surface area contributed by atoms with Gasteiger partial charge in [0.25, 0.3) is 11.7 Å². The van der Waals surface area contributed by atoms with Gasteiger partial charge in [-0.15, -0.1) is 0 Å². The van der Waals surface area contributed by atoms with Gasteiger partial charge >= 0.3 is 0 Å². The molecule has 0 bridgehead atoms. The molecule has 1 aromatic heterocycles. The van der Waals surface area contributed by atoms with E-state index in [1.54, 1.807) is 12.1 Å². The predicted octanol–water partition coefficient (Wildman–Crippen LogP) is 4.19. The number of carbonyl (C=O) groups excluding carboxylic acids is 2. The highest BCUT2D eigenvalue weighted by Gasteiger charge is 2.46. The lowest BCUT2D eigenvalue weighted by Gasteiger charge is -2.24. The van der Waals surface area contributed by atoms with Crippen molar-refractivity contribution < 1.29 is 32.6 Å². The lowest BCUT2D eigenvalue weighted by Crippen LogP contribution is -2.29. The SMILES string of the molecule is COc1ccc(/C(O)=C2/C(=O)C(=O)N(Cc3ccco3)C2c2ccc(F)cc2)cc1F.